The molecule has 2 nitrogen and oxygen atoms in total. The van der Waals surface area contributed by atoms with Crippen molar-refractivity contribution in [1.82, 2.24) is 4.90 Å². The molecule has 0 N–H and O–H groups in total. The summed E-state index contributed by atoms with van der Waals surface area (Å²) in [7, 11) is 0. The van der Waals surface area contributed by atoms with Gasteiger partial charge < -0.3 is 4.74 Å². The lowest BCUT2D eigenvalue weighted by atomic mass is 10.2. The zero-order chi connectivity index (χ0) is 10.4. The molecule has 0 amide bonds. The van der Waals surface area contributed by atoms with E-state index in [0.29, 0.717) is 12.1 Å². The van der Waals surface area contributed by atoms with E-state index in [-0.39, 0.29) is 0 Å². The number of morpholine rings is 1. The Bertz CT molecular complexity index is 157. The smallest absolute Gasteiger partial charge is 0.0792 e. The Labute approximate surface area is 96.3 Å². The topological polar surface area (TPSA) is 12.5 Å². The molecule has 1 heterocycles. The van der Waals surface area contributed by atoms with Crippen LogP contribution in [0, 0.1) is 0 Å². The third-order valence-corrected chi connectivity index (χ3v) is 3.94. The Morgan fingerprint density at radius 3 is 3.00 bits per heavy atom. The van der Waals surface area contributed by atoms with E-state index in [1.807, 2.05) is 11.8 Å². The van der Waals surface area contributed by atoms with Gasteiger partial charge >= 0.3 is 0 Å². The van der Waals surface area contributed by atoms with Crippen molar-refractivity contribution in [3.63, 3.8) is 0 Å². The van der Waals surface area contributed by atoms with Crippen molar-refractivity contribution < 1.29 is 4.74 Å². The summed E-state index contributed by atoms with van der Waals surface area (Å²) in [4.78, 5) is 2.48. The average Bonchev–Trinajstić information content (AvgIpc) is 2.19. The van der Waals surface area contributed by atoms with E-state index in [0.717, 1.165) is 37.1 Å². The van der Waals surface area contributed by atoms with Gasteiger partial charge in [-0.3, -0.25) is 4.90 Å². The SMILES string of the molecule is CC(C)N1CCOC(CSCCCl)C1. The molecular weight excluding hydrogens is 218 g/mol. The molecule has 1 atom stereocenters. The van der Waals surface area contributed by atoms with E-state index in [4.69, 9.17) is 16.3 Å². The summed E-state index contributed by atoms with van der Waals surface area (Å²) in [5.41, 5.74) is 0. The van der Waals surface area contributed by atoms with Gasteiger partial charge in [-0.2, -0.15) is 11.8 Å². The predicted octanol–water partition coefficient (Wildman–Crippen LogP) is 2.07. The van der Waals surface area contributed by atoms with Gasteiger partial charge in [0, 0.05) is 36.5 Å². The van der Waals surface area contributed by atoms with E-state index in [1.54, 1.807) is 0 Å². The summed E-state index contributed by atoms with van der Waals surface area (Å²) >= 11 is 7.52. The van der Waals surface area contributed by atoms with Gasteiger partial charge in [0.2, 0.25) is 0 Å². The molecule has 0 radical (unpaired) electrons. The van der Waals surface area contributed by atoms with Crippen LogP contribution in [-0.4, -0.2) is 54.1 Å². The fraction of sp³-hybridized carbons (Fsp3) is 1.00. The number of alkyl halides is 1. The minimum absolute atomic E-state index is 0.402. The molecule has 0 saturated carbocycles. The number of halogens is 1. The number of ether oxygens (including phenoxy) is 1. The molecule has 1 unspecified atom stereocenters. The second kappa shape index (κ2) is 6.94. The predicted molar refractivity (Wildman–Crippen MR) is 64.5 cm³/mol. The first-order valence-electron chi connectivity index (χ1n) is 5.23. The van der Waals surface area contributed by atoms with Crippen LogP contribution in [0.25, 0.3) is 0 Å². The van der Waals surface area contributed by atoms with Crippen LogP contribution in [0.4, 0.5) is 0 Å². The van der Waals surface area contributed by atoms with E-state index in [9.17, 15) is 0 Å². The Morgan fingerprint density at radius 2 is 2.36 bits per heavy atom. The Kier molecular flexibility index (Phi) is 6.26. The molecule has 1 aliphatic rings. The number of hydrogen-bond acceptors (Lipinski definition) is 3. The van der Waals surface area contributed by atoms with Gasteiger partial charge in [0.1, 0.15) is 0 Å². The molecular formula is C10H20ClNOS. The lowest BCUT2D eigenvalue weighted by Crippen LogP contribution is -2.46. The fourth-order valence-corrected chi connectivity index (χ4v) is 2.65. The van der Waals surface area contributed by atoms with Crippen LogP contribution in [0.3, 0.4) is 0 Å². The van der Waals surface area contributed by atoms with Crippen molar-refractivity contribution in [2.24, 2.45) is 0 Å². The highest BCUT2D eigenvalue weighted by atomic mass is 35.5. The Morgan fingerprint density at radius 1 is 1.57 bits per heavy atom. The van der Waals surface area contributed by atoms with Gasteiger partial charge in [-0.05, 0) is 13.8 Å². The standard InChI is InChI=1S/C10H20ClNOS/c1-9(2)12-4-5-13-10(7-12)8-14-6-3-11/h9-10H,3-8H2,1-2H3. The maximum Gasteiger partial charge on any atom is 0.0792 e. The second-order valence-corrected chi connectivity index (χ2v) is 5.37. The van der Waals surface area contributed by atoms with Crippen LogP contribution in [0.2, 0.25) is 0 Å². The molecule has 1 rings (SSSR count). The third kappa shape index (κ3) is 4.39. The maximum atomic E-state index is 5.70. The van der Waals surface area contributed by atoms with Crippen LogP contribution >= 0.6 is 23.4 Å². The first-order chi connectivity index (χ1) is 6.74. The van der Waals surface area contributed by atoms with E-state index in [1.165, 1.54) is 0 Å². The highest BCUT2D eigenvalue weighted by Gasteiger charge is 2.21. The quantitative estimate of drug-likeness (QED) is 0.537. The Balaban J connectivity index is 2.19. The lowest BCUT2D eigenvalue weighted by Gasteiger charge is -2.35. The van der Waals surface area contributed by atoms with Crippen molar-refractivity contribution in [2.45, 2.75) is 26.0 Å². The van der Waals surface area contributed by atoms with Gasteiger partial charge in [0.15, 0.2) is 0 Å². The summed E-state index contributed by atoms with van der Waals surface area (Å²) in [5.74, 6) is 2.85. The number of thioether (sulfide) groups is 1. The molecule has 0 aromatic carbocycles. The highest BCUT2D eigenvalue weighted by molar-refractivity contribution is 7.99. The minimum atomic E-state index is 0.402. The molecule has 14 heavy (non-hydrogen) atoms. The molecule has 0 aliphatic carbocycles. The first-order valence-corrected chi connectivity index (χ1v) is 6.92. The maximum absolute atomic E-state index is 5.70. The molecule has 1 fully saturated rings. The average molecular weight is 238 g/mol. The summed E-state index contributed by atoms with van der Waals surface area (Å²) in [5, 5.41) is 0. The van der Waals surface area contributed by atoms with Crippen LogP contribution < -0.4 is 0 Å². The molecule has 0 aromatic rings. The molecule has 1 aliphatic heterocycles. The van der Waals surface area contributed by atoms with Gasteiger partial charge in [-0.25, -0.2) is 0 Å². The number of nitrogens with zero attached hydrogens (tertiary/aromatic N) is 1. The summed E-state index contributed by atoms with van der Waals surface area (Å²) in [6, 6.07) is 0.638. The molecule has 0 spiro atoms. The van der Waals surface area contributed by atoms with Crippen LogP contribution in [0.15, 0.2) is 0 Å². The molecule has 84 valence electrons. The molecule has 1 saturated heterocycles. The Hall–Kier alpha value is 0.560. The van der Waals surface area contributed by atoms with Crippen molar-refractivity contribution in [2.75, 3.05) is 37.1 Å². The van der Waals surface area contributed by atoms with Crippen LogP contribution in [0.1, 0.15) is 13.8 Å². The monoisotopic (exact) mass is 237 g/mol. The van der Waals surface area contributed by atoms with Gasteiger partial charge in [0.25, 0.3) is 0 Å². The zero-order valence-electron chi connectivity index (χ0n) is 9.04. The summed E-state index contributed by atoms with van der Waals surface area (Å²) in [6.07, 6.45) is 0.402. The minimum Gasteiger partial charge on any atom is -0.375 e. The van der Waals surface area contributed by atoms with E-state index < -0.39 is 0 Å². The normalized spacial score (nSPS) is 24.4. The van der Waals surface area contributed by atoms with Crippen LogP contribution in [0.5, 0.6) is 0 Å². The van der Waals surface area contributed by atoms with Crippen molar-refractivity contribution in [1.29, 1.82) is 0 Å². The largest absolute Gasteiger partial charge is 0.375 e. The van der Waals surface area contributed by atoms with Gasteiger partial charge in [0.05, 0.1) is 12.7 Å². The van der Waals surface area contributed by atoms with Gasteiger partial charge in [-0.1, -0.05) is 0 Å². The number of hydrogen-bond donors (Lipinski definition) is 0. The first kappa shape index (κ1) is 12.6. The van der Waals surface area contributed by atoms with Crippen molar-refractivity contribution in [3.8, 4) is 0 Å². The number of rotatable bonds is 5. The van der Waals surface area contributed by atoms with Crippen LogP contribution in [-0.2, 0) is 4.74 Å². The third-order valence-electron chi connectivity index (χ3n) is 2.43. The van der Waals surface area contributed by atoms with Gasteiger partial charge in [-0.15, -0.1) is 11.6 Å². The lowest BCUT2D eigenvalue weighted by molar-refractivity contribution is -0.0265. The summed E-state index contributed by atoms with van der Waals surface area (Å²) < 4.78 is 5.70. The van der Waals surface area contributed by atoms with Crippen molar-refractivity contribution in [3.05, 3.63) is 0 Å². The molecule has 0 bridgehead atoms. The summed E-state index contributed by atoms with van der Waals surface area (Å²) in [6.45, 7) is 7.52. The van der Waals surface area contributed by atoms with E-state index in [2.05, 4.69) is 18.7 Å². The van der Waals surface area contributed by atoms with E-state index >= 15 is 0 Å². The second-order valence-electron chi connectivity index (χ2n) is 3.85. The highest BCUT2D eigenvalue weighted by Crippen LogP contribution is 2.13. The molecule has 0 aromatic heterocycles. The zero-order valence-corrected chi connectivity index (χ0v) is 10.6. The fourth-order valence-electron chi connectivity index (χ4n) is 1.58. The molecule has 4 heteroatoms. The van der Waals surface area contributed by atoms with Crippen molar-refractivity contribution >= 4 is 23.4 Å².